The van der Waals surface area contributed by atoms with Gasteiger partial charge >= 0.3 is 0 Å². The molecule has 0 saturated heterocycles. The maximum absolute atomic E-state index is 5.79. The number of amidine groups is 1. The molecule has 4 rings (SSSR count). The summed E-state index contributed by atoms with van der Waals surface area (Å²) >= 11 is 3.26. The quantitative estimate of drug-likeness (QED) is 0.264. The average molecular weight is 443 g/mol. The summed E-state index contributed by atoms with van der Waals surface area (Å²) in [4.78, 5) is 14.4. The number of aromatic nitrogens is 2. The second-order valence-corrected chi connectivity index (χ2v) is 8.85. The topological polar surface area (TPSA) is 74.7 Å². The molecular formula is C21H26N6OS2. The number of rotatable bonds is 8. The Morgan fingerprint density at radius 2 is 2.03 bits per heavy atom. The molecule has 0 bridgehead atoms. The number of benzene rings is 1. The average Bonchev–Trinajstić information content (AvgIpc) is 3.20. The highest BCUT2D eigenvalue weighted by molar-refractivity contribution is 7.99. The number of hydrazine groups is 1. The smallest absolute Gasteiger partial charge is 0.190 e. The standard InChI is InChI=1S/C21H26N6OS2/c1-4-6-12-16-23-18-17(20(29-3)25-21(24-18)30-5-2)19-22-15(26-27(16)19)13-28-14-10-8-7-9-11-14/h7-11,13,16,26H,4-6,12H2,1-3H3,(H,23,24,25). The van der Waals surface area contributed by atoms with Gasteiger partial charge in [-0.05, 0) is 37.0 Å². The van der Waals surface area contributed by atoms with Crippen molar-refractivity contribution in [3.05, 3.63) is 48.0 Å². The van der Waals surface area contributed by atoms with E-state index in [1.807, 2.05) is 36.6 Å². The first kappa shape index (κ1) is 20.9. The minimum absolute atomic E-state index is 0.0582. The van der Waals surface area contributed by atoms with Crippen molar-refractivity contribution in [2.45, 2.75) is 49.5 Å². The monoisotopic (exact) mass is 442 g/mol. The molecule has 0 radical (unpaired) electrons. The van der Waals surface area contributed by atoms with Gasteiger partial charge in [-0.25, -0.2) is 20.0 Å². The summed E-state index contributed by atoms with van der Waals surface area (Å²) in [6.45, 7) is 4.31. The van der Waals surface area contributed by atoms with Crippen molar-refractivity contribution < 1.29 is 4.74 Å². The minimum atomic E-state index is 0.0582. The zero-order chi connectivity index (χ0) is 20.9. The first-order chi connectivity index (χ1) is 14.7. The van der Waals surface area contributed by atoms with E-state index in [4.69, 9.17) is 19.7 Å². The summed E-state index contributed by atoms with van der Waals surface area (Å²) in [6.07, 6.45) is 6.95. The van der Waals surface area contributed by atoms with E-state index >= 15 is 0 Å². The third-order valence-corrected chi connectivity index (χ3v) is 6.14. The van der Waals surface area contributed by atoms with Gasteiger partial charge < -0.3 is 10.1 Å². The molecule has 0 spiro atoms. The summed E-state index contributed by atoms with van der Waals surface area (Å²) in [6, 6.07) is 9.68. The van der Waals surface area contributed by atoms with Crippen LogP contribution in [0.2, 0.25) is 0 Å². The van der Waals surface area contributed by atoms with Gasteiger partial charge in [0.25, 0.3) is 0 Å². The SMILES string of the molecule is CCCCC1Nc2nc(SCC)nc(SC)c2C2=NC(=COc3ccccc3)NN21. The van der Waals surface area contributed by atoms with E-state index in [2.05, 4.69) is 29.6 Å². The van der Waals surface area contributed by atoms with Gasteiger partial charge in [0.1, 0.15) is 29.0 Å². The summed E-state index contributed by atoms with van der Waals surface area (Å²) in [5.41, 5.74) is 4.32. The molecular weight excluding hydrogens is 416 g/mol. The van der Waals surface area contributed by atoms with Crippen LogP contribution in [0.15, 0.2) is 57.6 Å². The highest BCUT2D eigenvalue weighted by Crippen LogP contribution is 2.35. The first-order valence-corrected chi connectivity index (χ1v) is 12.4. The zero-order valence-electron chi connectivity index (χ0n) is 17.4. The van der Waals surface area contributed by atoms with Crippen LogP contribution in [0.1, 0.15) is 38.7 Å². The van der Waals surface area contributed by atoms with Gasteiger partial charge in [-0.1, -0.05) is 50.2 Å². The van der Waals surface area contributed by atoms with Gasteiger partial charge in [0.2, 0.25) is 0 Å². The highest BCUT2D eigenvalue weighted by Gasteiger charge is 2.38. The number of hydrogen-bond donors (Lipinski definition) is 2. The van der Waals surface area contributed by atoms with Crippen molar-refractivity contribution in [1.29, 1.82) is 0 Å². The third kappa shape index (κ3) is 4.37. The number of ether oxygens (including phenoxy) is 1. The van der Waals surface area contributed by atoms with Crippen LogP contribution in [0.5, 0.6) is 5.75 Å². The third-order valence-electron chi connectivity index (χ3n) is 4.73. The summed E-state index contributed by atoms with van der Waals surface area (Å²) in [7, 11) is 0. The Kier molecular flexibility index (Phi) is 6.69. The molecule has 2 aromatic rings. The maximum Gasteiger partial charge on any atom is 0.190 e. The van der Waals surface area contributed by atoms with Gasteiger partial charge in [0.05, 0.1) is 5.56 Å². The van der Waals surface area contributed by atoms with Crippen LogP contribution in [-0.4, -0.2) is 39.0 Å². The lowest BCUT2D eigenvalue weighted by Crippen LogP contribution is -2.52. The predicted molar refractivity (Wildman–Crippen MR) is 124 cm³/mol. The predicted octanol–water partition coefficient (Wildman–Crippen LogP) is 4.70. The van der Waals surface area contributed by atoms with Crippen molar-refractivity contribution in [3.63, 3.8) is 0 Å². The lowest BCUT2D eigenvalue weighted by Gasteiger charge is -2.36. The number of thioether (sulfide) groups is 2. The molecule has 9 heteroatoms. The molecule has 0 amide bonds. The Morgan fingerprint density at radius 3 is 2.77 bits per heavy atom. The maximum atomic E-state index is 5.79. The lowest BCUT2D eigenvalue weighted by molar-refractivity contribution is 0.266. The Hall–Kier alpha value is -2.39. The largest absolute Gasteiger partial charge is 0.461 e. The lowest BCUT2D eigenvalue weighted by atomic mass is 10.1. The molecule has 1 aromatic heterocycles. The normalized spacial score (nSPS) is 18.4. The highest BCUT2D eigenvalue weighted by atomic mass is 32.2. The van der Waals surface area contributed by atoms with Crippen LogP contribution < -0.4 is 15.5 Å². The molecule has 3 heterocycles. The summed E-state index contributed by atoms with van der Waals surface area (Å²) in [5.74, 6) is 4.06. The molecule has 0 saturated carbocycles. The second-order valence-electron chi connectivity index (χ2n) is 6.83. The van der Waals surface area contributed by atoms with Crippen LogP contribution in [-0.2, 0) is 0 Å². The number of nitrogens with one attached hydrogen (secondary N) is 2. The van der Waals surface area contributed by atoms with E-state index in [1.54, 1.807) is 29.8 Å². The number of para-hydroxylation sites is 1. The molecule has 0 aliphatic carbocycles. The fourth-order valence-electron chi connectivity index (χ4n) is 3.34. The number of anilines is 1. The molecule has 30 heavy (non-hydrogen) atoms. The minimum Gasteiger partial charge on any atom is -0.461 e. The first-order valence-electron chi connectivity index (χ1n) is 10.2. The summed E-state index contributed by atoms with van der Waals surface area (Å²) in [5, 5.41) is 7.41. The second kappa shape index (κ2) is 9.61. The van der Waals surface area contributed by atoms with E-state index in [0.29, 0.717) is 5.82 Å². The zero-order valence-corrected chi connectivity index (χ0v) is 19.0. The molecule has 2 aliphatic heterocycles. The molecule has 2 aliphatic rings. The van der Waals surface area contributed by atoms with Crippen molar-refractivity contribution in [3.8, 4) is 5.75 Å². The number of aliphatic imine (C=N–C) groups is 1. The summed E-state index contributed by atoms with van der Waals surface area (Å²) < 4.78 is 5.79. The molecule has 1 unspecified atom stereocenters. The number of fused-ring (bicyclic) bond motifs is 3. The Labute approximate surface area is 185 Å². The van der Waals surface area contributed by atoms with Gasteiger partial charge in [0.15, 0.2) is 16.8 Å². The van der Waals surface area contributed by atoms with Crippen molar-refractivity contribution in [1.82, 2.24) is 20.4 Å². The van der Waals surface area contributed by atoms with Crippen LogP contribution >= 0.6 is 23.5 Å². The number of hydrogen-bond acceptors (Lipinski definition) is 9. The van der Waals surface area contributed by atoms with Crippen LogP contribution in [0.25, 0.3) is 0 Å². The van der Waals surface area contributed by atoms with Crippen LogP contribution in [0, 0.1) is 0 Å². The Morgan fingerprint density at radius 1 is 1.20 bits per heavy atom. The van der Waals surface area contributed by atoms with Gasteiger partial charge in [-0.2, -0.15) is 0 Å². The Balaban J connectivity index is 1.70. The molecule has 158 valence electrons. The number of unbranched alkanes of at least 4 members (excludes halogenated alkanes) is 1. The van der Waals surface area contributed by atoms with Crippen LogP contribution in [0.3, 0.4) is 0 Å². The van der Waals surface area contributed by atoms with Crippen molar-refractivity contribution in [2.75, 3.05) is 17.3 Å². The molecule has 1 aromatic carbocycles. The van der Waals surface area contributed by atoms with Crippen LogP contribution in [0.4, 0.5) is 5.82 Å². The van der Waals surface area contributed by atoms with E-state index in [1.165, 1.54) is 0 Å². The van der Waals surface area contributed by atoms with E-state index < -0.39 is 0 Å². The van der Waals surface area contributed by atoms with E-state index in [9.17, 15) is 0 Å². The van der Waals surface area contributed by atoms with Crippen molar-refractivity contribution in [2.24, 2.45) is 4.99 Å². The van der Waals surface area contributed by atoms with Gasteiger partial charge in [0, 0.05) is 0 Å². The van der Waals surface area contributed by atoms with Gasteiger partial charge in [-0.3, -0.25) is 5.43 Å². The van der Waals surface area contributed by atoms with E-state index in [-0.39, 0.29) is 6.17 Å². The van der Waals surface area contributed by atoms with Crippen molar-refractivity contribution >= 4 is 35.2 Å². The Bertz CT molecular complexity index is 950. The molecule has 7 nitrogen and oxygen atoms in total. The molecule has 1 atom stereocenters. The molecule has 2 N–H and O–H groups in total. The van der Waals surface area contributed by atoms with E-state index in [0.717, 1.165) is 58.2 Å². The fraction of sp³-hybridized carbons (Fsp3) is 0.381. The molecule has 0 fully saturated rings. The fourth-order valence-corrected chi connectivity index (χ4v) is 4.53. The number of nitrogens with zero attached hydrogens (tertiary/aromatic N) is 4. The van der Waals surface area contributed by atoms with Gasteiger partial charge in [-0.15, -0.1) is 11.8 Å².